The summed E-state index contributed by atoms with van der Waals surface area (Å²) in [6, 6.07) is 16.1. The van der Waals surface area contributed by atoms with Crippen molar-refractivity contribution in [1.29, 1.82) is 5.26 Å². The summed E-state index contributed by atoms with van der Waals surface area (Å²) < 4.78 is 5.73. The van der Waals surface area contributed by atoms with Crippen molar-refractivity contribution in [3.8, 4) is 17.4 Å². The smallest absolute Gasteiger partial charge is 0.266 e. The van der Waals surface area contributed by atoms with Crippen LogP contribution in [0.15, 0.2) is 58.5 Å². The molecule has 0 aliphatic rings. The number of furan rings is 1. The highest BCUT2D eigenvalue weighted by atomic mass is 35.5. The summed E-state index contributed by atoms with van der Waals surface area (Å²) in [6.07, 6.45) is 1.40. The van der Waals surface area contributed by atoms with Crippen LogP contribution in [-0.2, 0) is 4.79 Å². The largest absolute Gasteiger partial charge is 0.457 e. The van der Waals surface area contributed by atoms with E-state index in [0.29, 0.717) is 32.8 Å². The number of aryl methyl sites for hydroxylation is 2. The van der Waals surface area contributed by atoms with E-state index in [-0.39, 0.29) is 5.57 Å². The maximum atomic E-state index is 12.5. The first-order valence-corrected chi connectivity index (χ1v) is 9.18. The summed E-state index contributed by atoms with van der Waals surface area (Å²) in [5, 5.41) is 13.1. The van der Waals surface area contributed by atoms with Crippen LogP contribution >= 0.6 is 23.2 Å². The van der Waals surface area contributed by atoms with Gasteiger partial charge in [0.15, 0.2) is 0 Å². The quantitative estimate of drug-likeness (QED) is 0.398. The van der Waals surface area contributed by atoms with Gasteiger partial charge in [-0.15, -0.1) is 0 Å². The first-order valence-electron chi connectivity index (χ1n) is 8.43. The van der Waals surface area contributed by atoms with Crippen molar-refractivity contribution in [2.75, 3.05) is 5.32 Å². The number of nitriles is 1. The molecule has 3 aromatic rings. The molecular weight excluding hydrogens is 395 g/mol. The Balaban J connectivity index is 1.85. The van der Waals surface area contributed by atoms with Gasteiger partial charge < -0.3 is 9.73 Å². The Kier molecular flexibility index (Phi) is 5.89. The molecule has 2 aromatic carbocycles. The fourth-order valence-corrected chi connectivity index (χ4v) is 3.12. The summed E-state index contributed by atoms with van der Waals surface area (Å²) >= 11 is 12.1. The zero-order chi connectivity index (χ0) is 20.3. The fraction of sp³-hybridized carbons (Fsp3) is 0.0909. The van der Waals surface area contributed by atoms with Gasteiger partial charge in [-0.25, -0.2) is 0 Å². The molecule has 6 heteroatoms. The molecule has 0 saturated heterocycles. The van der Waals surface area contributed by atoms with Gasteiger partial charge in [0, 0.05) is 22.3 Å². The van der Waals surface area contributed by atoms with Crippen LogP contribution in [0.5, 0.6) is 0 Å². The standard InChI is InChI=1S/C22H16Cl2N2O2/c1-13-3-4-14(2)20(9-13)26-22(27)15(12-25)10-17-6-8-21(28-17)18-7-5-16(23)11-19(18)24/h3-11H,1-2H3,(H,26,27)/b15-10+. The van der Waals surface area contributed by atoms with E-state index in [1.54, 1.807) is 30.3 Å². The van der Waals surface area contributed by atoms with Crippen molar-refractivity contribution in [1.82, 2.24) is 0 Å². The van der Waals surface area contributed by atoms with Gasteiger partial charge in [-0.1, -0.05) is 35.3 Å². The number of benzene rings is 2. The number of hydrogen-bond donors (Lipinski definition) is 1. The molecule has 0 unspecified atom stereocenters. The predicted octanol–water partition coefficient (Wildman–Crippen LogP) is 6.42. The van der Waals surface area contributed by atoms with E-state index in [4.69, 9.17) is 27.6 Å². The first kappa shape index (κ1) is 19.8. The van der Waals surface area contributed by atoms with Gasteiger partial charge in [-0.2, -0.15) is 5.26 Å². The van der Waals surface area contributed by atoms with E-state index in [1.807, 2.05) is 38.1 Å². The molecule has 4 nitrogen and oxygen atoms in total. The third kappa shape index (κ3) is 4.45. The molecule has 0 saturated carbocycles. The van der Waals surface area contributed by atoms with E-state index in [0.717, 1.165) is 11.1 Å². The van der Waals surface area contributed by atoms with Crippen LogP contribution in [0.2, 0.25) is 10.0 Å². The van der Waals surface area contributed by atoms with Crippen molar-refractivity contribution in [3.63, 3.8) is 0 Å². The third-order valence-corrected chi connectivity index (χ3v) is 4.66. The fourth-order valence-electron chi connectivity index (χ4n) is 2.62. The maximum Gasteiger partial charge on any atom is 0.266 e. The van der Waals surface area contributed by atoms with E-state index >= 15 is 0 Å². The van der Waals surface area contributed by atoms with E-state index in [9.17, 15) is 10.1 Å². The zero-order valence-corrected chi connectivity index (χ0v) is 16.7. The van der Waals surface area contributed by atoms with Crippen LogP contribution in [0.3, 0.4) is 0 Å². The number of halogens is 2. The predicted molar refractivity (Wildman–Crippen MR) is 112 cm³/mol. The molecule has 0 spiro atoms. The average molecular weight is 411 g/mol. The molecule has 1 N–H and O–H groups in total. The molecule has 0 fully saturated rings. The van der Waals surface area contributed by atoms with Crippen molar-refractivity contribution in [2.24, 2.45) is 0 Å². The second-order valence-corrected chi connectivity index (χ2v) is 7.11. The third-order valence-electron chi connectivity index (χ3n) is 4.12. The van der Waals surface area contributed by atoms with Crippen molar-refractivity contribution in [3.05, 3.63) is 81.0 Å². The molecule has 1 amide bonds. The topological polar surface area (TPSA) is 66.0 Å². The monoisotopic (exact) mass is 410 g/mol. The number of nitrogens with one attached hydrogen (secondary N) is 1. The van der Waals surface area contributed by atoms with Gasteiger partial charge in [0.25, 0.3) is 5.91 Å². The second kappa shape index (κ2) is 8.35. The number of nitrogens with zero attached hydrogens (tertiary/aromatic N) is 1. The zero-order valence-electron chi connectivity index (χ0n) is 15.2. The van der Waals surface area contributed by atoms with Gasteiger partial charge in [-0.05, 0) is 61.4 Å². The highest BCUT2D eigenvalue weighted by Gasteiger charge is 2.13. The van der Waals surface area contributed by atoms with Crippen LogP contribution in [0.4, 0.5) is 5.69 Å². The van der Waals surface area contributed by atoms with Crippen LogP contribution in [0, 0.1) is 25.2 Å². The van der Waals surface area contributed by atoms with Crippen LogP contribution in [-0.4, -0.2) is 5.91 Å². The summed E-state index contributed by atoms with van der Waals surface area (Å²) in [5.74, 6) is 0.382. The molecule has 0 atom stereocenters. The molecule has 0 aliphatic heterocycles. The van der Waals surface area contributed by atoms with E-state index in [1.165, 1.54) is 6.08 Å². The summed E-state index contributed by atoms with van der Waals surface area (Å²) in [7, 11) is 0. The lowest BCUT2D eigenvalue weighted by molar-refractivity contribution is -0.112. The molecule has 140 valence electrons. The lowest BCUT2D eigenvalue weighted by Crippen LogP contribution is -2.14. The minimum atomic E-state index is -0.501. The molecule has 3 rings (SSSR count). The minimum Gasteiger partial charge on any atom is -0.457 e. The molecular formula is C22H16Cl2N2O2. The van der Waals surface area contributed by atoms with Crippen LogP contribution in [0.1, 0.15) is 16.9 Å². The molecule has 1 heterocycles. The summed E-state index contributed by atoms with van der Waals surface area (Å²) in [5.41, 5.74) is 3.19. The Bertz CT molecular complexity index is 1120. The second-order valence-electron chi connectivity index (χ2n) is 6.27. The molecule has 0 aliphatic carbocycles. The number of anilines is 1. The molecule has 1 aromatic heterocycles. The Morgan fingerprint density at radius 2 is 1.89 bits per heavy atom. The average Bonchev–Trinajstić information content (AvgIpc) is 3.11. The highest BCUT2D eigenvalue weighted by molar-refractivity contribution is 6.36. The van der Waals surface area contributed by atoms with Gasteiger partial charge in [0.05, 0.1) is 5.02 Å². The van der Waals surface area contributed by atoms with Gasteiger partial charge in [-0.3, -0.25) is 4.79 Å². The molecule has 0 radical (unpaired) electrons. The minimum absolute atomic E-state index is 0.0657. The SMILES string of the molecule is Cc1ccc(C)c(NC(=O)/C(C#N)=C/c2ccc(-c3ccc(Cl)cc3Cl)o2)c1. The first-order chi connectivity index (χ1) is 13.4. The van der Waals surface area contributed by atoms with Crippen molar-refractivity contribution < 1.29 is 9.21 Å². The van der Waals surface area contributed by atoms with Gasteiger partial charge in [0.1, 0.15) is 23.2 Å². The van der Waals surface area contributed by atoms with E-state index < -0.39 is 5.91 Å². The summed E-state index contributed by atoms with van der Waals surface area (Å²) in [6.45, 7) is 3.82. The Morgan fingerprint density at radius 3 is 2.61 bits per heavy atom. The lowest BCUT2D eigenvalue weighted by Gasteiger charge is -2.08. The number of carbonyl (C=O) groups is 1. The molecule has 28 heavy (non-hydrogen) atoms. The summed E-state index contributed by atoms with van der Waals surface area (Å²) in [4.78, 5) is 12.5. The Hall–Kier alpha value is -3.00. The highest BCUT2D eigenvalue weighted by Crippen LogP contribution is 2.32. The van der Waals surface area contributed by atoms with Crippen LogP contribution in [0.25, 0.3) is 17.4 Å². The lowest BCUT2D eigenvalue weighted by atomic mass is 10.1. The van der Waals surface area contributed by atoms with Crippen molar-refractivity contribution in [2.45, 2.75) is 13.8 Å². The number of carbonyl (C=O) groups excluding carboxylic acids is 1. The van der Waals surface area contributed by atoms with E-state index in [2.05, 4.69) is 5.32 Å². The van der Waals surface area contributed by atoms with Gasteiger partial charge >= 0.3 is 0 Å². The van der Waals surface area contributed by atoms with Gasteiger partial charge in [0.2, 0.25) is 0 Å². The Labute approximate surface area is 173 Å². The normalized spacial score (nSPS) is 11.2. The number of amides is 1. The van der Waals surface area contributed by atoms with Crippen LogP contribution < -0.4 is 5.32 Å². The Morgan fingerprint density at radius 1 is 1.11 bits per heavy atom. The van der Waals surface area contributed by atoms with Crippen molar-refractivity contribution >= 4 is 40.9 Å². The number of hydrogen-bond acceptors (Lipinski definition) is 3. The maximum absolute atomic E-state index is 12.5. The number of rotatable bonds is 4. The molecule has 0 bridgehead atoms.